The number of nitriles is 1. The van der Waals surface area contributed by atoms with Crippen molar-refractivity contribution in [1.29, 1.82) is 5.26 Å². The Morgan fingerprint density at radius 1 is 1.54 bits per heavy atom. The summed E-state index contributed by atoms with van der Waals surface area (Å²) >= 11 is 5.92. The lowest BCUT2D eigenvalue weighted by molar-refractivity contribution is 1.10. The van der Waals surface area contributed by atoms with E-state index in [0.29, 0.717) is 10.7 Å². The van der Waals surface area contributed by atoms with Crippen LogP contribution in [0.4, 0.5) is 0 Å². The van der Waals surface area contributed by atoms with Gasteiger partial charge in [-0.3, -0.25) is 5.10 Å². The summed E-state index contributed by atoms with van der Waals surface area (Å²) in [6.07, 6.45) is 0. The third-order valence-corrected chi connectivity index (χ3v) is 2.30. The molecule has 0 saturated carbocycles. The third-order valence-electron chi connectivity index (χ3n) is 1.99. The number of nitrogens with zero attached hydrogens (tertiary/aromatic N) is 2. The standard InChI is InChI=1S/C9H6ClN3/c1-5-2-3-6(10)9-8(5)7(4-11)12-13-9/h2-3H,1H3,(H,12,13). The molecule has 64 valence electrons. The van der Waals surface area contributed by atoms with Crippen LogP contribution in [0, 0.1) is 18.3 Å². The molecule has 0 amide bonds. The van der Waals surface area contributed by atoms with Gasteiger partial charge in [-0.1, -0.05) is 17.7 Å². The predicted molar refractivity (Wildman–Crippen MR) is 50.6 cm³/mol. The second-order valence-electron chi connectivity index (χ2n) is 2.80. The topological polar surface area (TPSA) is 52.5 Å². The number of benzene rings is 1. The summed E-state index contributed by atoms with van der Waals surface area (Å²) in [5.41, 5.74) is 2.14. The van der Waals surface area contributed by atoms with Crippen LogP contribution in [0.15, 0.2) is 12.1 Å². The molecule has 0 aliphatic carbocycles. The van der Waals surface area contributed by atoms with Crippen LogP contribution >= 0.6 is 11.6 Å². The molecule has 4 heteroatoms. The molecule has 2 rings (SSSR count). The van der Waals surface area contributed by atoms with Gasteiger partial charge in [-0.15, -0.1) is 0 Å². The number of rotatable bonds is 0. The highest BCUT2D eigenvalue weighted by molar-refractivity contribution is 6.35. The molecule has 13 heavy (non-hydrogen) atoms. The van der Waals surface area contributed by atoms with E-state index in [1.165, 1.54) is 0 Å². The zero-order valence-electron chi connectivity index (χ0n) is 6.93. The van der Waals surface area contributed by atoms with E-state index >= 15 is 0 Å². The van der Waals surface area contributed by atoms with Gasteiger partial charge in [-0.05, 0) is 18.6 Å². The first-order valence-electron chi connectivity index (χ1n) is 3.77. The summed E-state index contributed by atoms with van der Waals surface area (Å²) in [6, 6.07) is 5.68. The van der Waals surface area contributed by atoms with Gasteiger partial charge in [0.2, 0.25) is 0 Å². The maximum absolute atomic E-state index is 8.76. The highest BCUT2D eigenvalue weighted by Crippen LogP contribution is 2.26. The summed E-state index contributed by atoms with van der Waals surface area (Å²) in [6.45, 7) is 1.93. The molecule has 0 bridgehead atoms. The summed E-state index contributed by atoms with van der Waals surface area (Å²) in [4.78, 5) is 0. The van der Waals surface area contributed by atoms with Crippen LogP contribution in [0.5, 0.6) is 0 Å². The lowest BCUT2D eigenvalue weighted by Crippen LogP contribution is -1.78. The lowest BCUT2D eigenvalue weighted by atomic mass is 10.1. The Balaban J connectivity index is 2.98. The molecule has 1 aromatic carbocycles. The van der Waals surface area contributed by atoms with Gasteiger partial charge in [0, 0.05) is 5.39 Å². The molecule has 0 atom stereocenters. The summed E-state index contributed by atoms with van der Waals surface area (Å²) in [5, 5.41) is 16.8. The second kappa shape index (κ2) is 2.75. The summed E-state index contributed by atoms with van der Waals surface area (Å²) in [7, 11) is 0. The monoisotopic (exact) mass is 191 g/mol. The molecule has 0 fully saturated rings. The zero-order valence-corrected chi connectivity index (χ0v) is 7.68. The van der Waals surface area contributed by atoms with Crippen molar-refractivity contribution < 1.29 is 0 Å². The molecular weight excluding hydrogens is 186 g/mol. The van der Waals surface area contributed by atoms with Gasteiger partial charge in [0.25, 0.3) is 0 Å². The van der Waals surface area contributed by atoms with E-state index in [2.05, 4.69) is 10.2 Å². The Morgan fingerprint density at radius 3 is 3.00 bits per heavy atom. The van der Waals surface area contributed by atoms with Gasteiger partial charge in [0.05, 0.1) is 10.5 Å². The fourth-order valence-electron chi connectivity index (χ4n) is 1.34. The van der Waals surface area contributed by atoms with Crippen LogP contribution in [0.3, 0.4) is 0 Å². The molecule has 3 nitrogen and oxygen atoms in total. The van der Waals surface area contributed by atoms with E-state index in [1.807, 2.05) is 19.1 Å². The average molecular weight is 192 g/mol. The zero-order chi connectivity index (χ0) is 9.42. The minimum atomic E-state index is 0.398. The van der Waals surface area contributed by atoms with Crippen molar-refractivity contribution in [2.75, 3.05) is 0 Å². The van der Waals surface area contributed by atoms with Gasteiger partial charge in [-0.2, -0.15) is 10.4 Å². The first kappa shape index (κ1) is 8.09. The fourth-order valence-corrected chi connectivity index (χ4v) is 1.54. The predicted octanol–water partition coefficient (Wildman–Crippen LogP) is 2.40. The number of hydrogen-bond acceptors (Lipinski definition) is 2. The van der Waals surface area contributed by atoms with Crippen molar-refractivity contribution >= 4 is 22.5 Å². The van der Waals surface area contributed by atoms with Crippen molar-refractivity contribution in [1.82, 2.24) is 10.2 Å². The SMILES string of the molecule is Cc1ccc(Cl)c2[nH]nc(C#N)c12. The van der Waals surface area contributed by atoms with E-state index in [1.54, 1.807) is 6.07 Å². The minimum Gasteiger partial charge on any atom is -0.275 e. The Morgan fingerprint density at radius 2 is 2.31 bits per heavy atom. The maximum atomic E-state index is 8.76. The lowest BCUT2D eigenvalue weighted by Gasteiger charge is -1.96. The first-order valence-corrected chi connectivity index (χ1v) is 4.15. The van der Waals surface area contributed by atoms with Gasteiger partial charge in [0.1, 0.15) is 6.07 Å². The number of aromatic amines is 1. The molecule has 0 radical (unpaired) electrons. The molecule has 1 heterocycles. The fraction of sp³-hybridized carbons (Fsp3) is 0.111. The summed E-state index contributed by atoms with van der Waals surface area (Å²) < 4.78 is 0. The van der Waals surface area contributed by atoms with Crippen molar-refractivity contribution in [3.05, 3.63) is 28.4 Å². The number of halogens is 1. The molecule has 0 aliphatic rings. The van der Waals surface area contributed by atoms with Gasteiger partial charge in [-0.25, -0.2) is 0 Å². The van der Waals surface area contributed by atoms with E-state index in [0.717, 1.165) is 16.5 Å². The molecule has 1 aromatic heterocycles. The minimum absolute atomic E-state index is 0.398. The number of hydrogen-bond donors (Lipinski definition) is 1. The van der Waals surface area contributed by atoms with Crippen LogP contribution in [-0.2, 0) is 0 Å². The molecule has 0 unspecified atom stereocenters. The number of H-pyrrole nitrogens is 1. The number of nitrogens with one attached hydrogen (secondary N) is 1. The Labute approximate surface area is 79.9 Å². The first-order chi connectivity index (χ1) is 6.24. The van der Waals surface area contributed by atoms with Crippen molar-refractivity contribution in [2.24, 2.45) is 0 Å². The van der Waals surface area contributed by atoms with Crippen LogP contribution in [0.1, 0.15) is 11.3 Å². The summed E-state index contributed by atoms with van der Waals surface area (Å²) in [5.74, 6) is 0. The van der Waals surface area contributed by atoms with E-state index in [-0.39, 0.29) is 0 Å². The van der Waals surface area contributed by atoms with Crippen molar-refractivity contribution in [2.45, 2.75) is 6.92 Å². The Kier molecular flexibility index (Phi) is 1.71. The van der Waals surface area contributed by atoms with Gasteiger partial charge in [0.15, 0.2) is 5.69 Å². The molecule has 2 aromatic rings. The van der Waals surface area contributed by atoms with Crippen LogP contribution in [0.25, 0.3) is 10.9 Å². The van der Waals surface area contributed by atoms with Gasteiger partial charge < -0.3 is 0 Å². The number of aromatic nitrogens is 2. The molecule has 0 saturated heterocycles. The van der Waals surface area contributed by atoms with Crippen molar-refractivity contribution in [3.63, 3.8) is 0 Å². The van der Waals surface area contributed by atoms with E-state index in [4.69, 9.17) is 16.9 Å². The van der Waals surface area contributed by atoms with Crippen LogP contribution in [0.2, 0.25) is 5.02 Å². The van der Waals surface area contributed by atoms with Gasteiger partial charge >= 0.3 is 0 Å². The van der Waals surface area contributed by atoms with Crippen LogP contribution < -0.4 is 0 Å². The van der Waals surface area contributed by atoms with E-state index < -0.39 is 0 Å². The molecule has 0 aliphatic heterocycles. The van der Waals surface area contributed by atoms with Crippen molar-refractivity contribution in [3.8, 4) is 6.07 Å². The maximum Gasteiger partial charge on any atom is 0.170 e. The quantitative estimate of drug-likeness (QED) is 0.695. The second-order valence-corrected chi connectivity index (χ2v) is 3.21. The smallest absolute Gasteiger partial charge is 0.170 e. The highest BCUT2D eigenvalue weighted by atomic mass is 35.5. The van der Waals surface area contributed by atoms with E-state index in [9.17, 15) is 0 Å². The molecular formula is C9H6ClN3. The third kappa shape index (κ3) is 1.07. The molecule has 0 spiro atoms. The number of fused-ring (bicyclic) bond motifs is 1. The largest absolute Gasteiger partial charge is 0.275 e. The Hall–Kier alpha value is -1.53. The van der Waals surface area contributed by atoms with Crippen LogP contribution in [-0.4, -0.2) is 10.2 Å². The number of aryl methyl sites for hydroxylation is 1. The average Bonchev–Trinajstić information content (AvgIpc) is 2.56. The Bertz CT molecular complexity index is 507. The molecule has 1 N–H and O–H groups in total. The normalized spacial score (nSPS) is 10.2. The highest BCUT2D eigenvalue weighted by Gasteiger charge is 2.09.